The molecule has 1 rings (SSSR count). The first kappa shape index (κ1) is 14.5. The van der Waals surface area contributed by atoms with Crippen molar-refractivity contribution < 1.29 is 9.47 Å². The van der Waals surface area contributed by atoms with Crippen LogP contribution >= 0.6 is 0 Å². The number of nitrogens with one attached hydrogen (secondary N) is 1. The molecule has 0 saturated carbocycles. The fourth-order valence-corrected chi connectivity index (χ4v) is 1.76. The Kier molecular flexibility index (Phi) is 6.20. The summed E-state index contributed by atoms with van der Waals surface area (Å²) in [6, 6.07) is 7.89. The van der Waals surface area contributed by atoms with Crippen molar-refractivity contribution in [2.45, 2.75) is 25.9 Å². The Hall–Kier alpha value is -1.57. The van der Waals surface area contributed by atoms with Gasteiger partial charge in [-0.3, -0.25) is 0 Å². The molecule has 0 aliphatic heterocycles. The second-order valence-electron chi connectivity index (χ2n) is 4.08. The average Bonchev–Trinajstić information content (AvgIpc) is 2.43. The summed E-state index contributed by atoms with van der Waals surface area (Å²) in [5.74, 6) is 0.800. The molecule has 0 spiro atoms. The van der Waals surface area contributed by atoms with Crippen LogP contribution in [-0.4, -0.2) is 26.9 Å². The smallest absolute Gasteiger partial charge is 0.123 e. The van der Waals surface area contributed by atoms with Gasteiger partial charge in [-0.2, -0.15) is 5.26 Å². The van der Waals surface area contributed by atoms with Crippen LogP contribution in [0, 0.1) is 11.3 Å². The van der Waals surface area contributed by atoms with Crippen molar-refractivity contribution in [2.24, 2.45) is 0 Å². The number of hydrogen-bond acceptors (Lipinski definition) is 4. The Bertz CT molecular complexity index is 413. The molecule has 0 fully saturated rings. The van der Waals surface area contributed by atoms with Gasteiger partial charge in [0.1, 0.15) is 5.75 Å². The molecular formula is C14H20N2O2. The van der Waals surface area contributed by atoms with Crippen molar-refractivity contribution in [2.75, 3.05) is 20.8 Å². The van der Waals surface area contributed by atoms with Gasteiger partial charge in [-0.1, -0.05) is 6.92 Å². The van der Waals surface area contributed by atoms with Crippen molar-refractivity contribution in [3.05, 3.63) is 29.3 Å². The first-order chi connectivity index (χ1) is 8.74. The molecule has 4 nitrogen and oxygen atoms in total. The largest absolute Gasteiger partial charge is 0.496 e. The standard InChI is InChI=1S/C14H20N2O2/c1-4-13(10-17-2)16-9-12-7-11(8-15)5-6-14(12)18-3/h5-7,13,16H,4,9-10H2,1-3H3. The third kappa shape index (κ3) is 4.02. The molecule has 1 unspecified atom stereocenters. The van der Waals surface area contributed by atoms with E-state index in [0.29, 0.717) is 24.8 Å². The molecule has 0 aliphatic carbocycles. The third-order valence-electron chi connectivity index (χ3n) is 2.85. The lowest BCUT2D eigenvalue weighted by Gasteiger charge is -2.17. The molecule has 0 aromatic heterocycles. The minimum absolute atomic E-state index is 0.311. The molecule has 1 atom stereocenters. The molecule has 0 radical (unpaired) electrons. The Balaban J connectivity index is 2.73. The van der Waals surface area contributed by atoms with Crippen LogP contribution in [0.3, 0.4) is 0 Å². The third-order valence-corrected chi connectivity index (χ3v) is 2.85. The molecule has 18 heavy (non-hydrogen) atoms. The van der Waals surface area contributed by atoms with Crippen molar-refractivity contribution in [1.82, 2.24) is 5.32 Å². The molecule has 1 aromatic rings. The zero-order valence-electron chi connectivity index (χ0n) is 11.2. The lowest BCUT2D eigenvalue weighted by molar-refractivity contribution is 0.163. The number of nitriles is 1. The number of methoxy groups -OCH3 is 2. The van der Waals surface area contributed by atoms with Gasteiger partial charge in [-0.05, 0) is 24.6 Å². The summed E-state index contributed by atoms with van der Waals surface area (Å²) in [5.41, 5.74) is 1.64. The fraction of sp³-hybridized carbons (Fsp3) is 0.500. The summed E-state index contributed by atoms with van der Waals surface area (Å²) in [5, 5.41) is 12.3. The van der Waals surface area contributed by atoms with Gasteiger partial charge in [0, 0.05) is 25.3 Å². The van der Waals surface area contributed by atoms with Gasteiger partial charge in [0.2, 0.25) is 0 Å². The van der Waals surface area contributed by atoms with E-state index in [4.69, 9.17) is 14.7 Å². The summed E-state index contributed by atoms with van der Waals surface area (Å²) in [6.45, 7) is 3.46. The van der Waals surface area contributed by atoms with Crippen molar-refractivity contribution >= 4 is 0 Å². The first-order valence-electron chi connectivity index (χ1n) is 6.04. The molecule has 98 valence electrons. The highest BCUT2D eigenvalue weighted by Crippen LogP contribution is 2.19. The summed E-state index contributed by atoms with van der Waals surface area (Å²) in [4.78, 5) is 0. The maximum Gasteiger partial charge on any atom is 0.123 e. The Morgan fingerprint density at radius 2 is 2.17 bits per heavy atom. The second kappa shape index (κ2) is 7.70. The highest BCUT2D eigenvalue weighted by atomic mass is 16.5. The molecule has 0 saturated heterocycles. The van der Waals surface area contributed by atoms with E-state index in [1.165, 1.54) is 0 Å². The summed E-state index contributed by atoms with van der Waals surface area (Å²) in [6.07, 6.45) is 0.994. The summed E-state index contributed by atoms with van der Waals surface area (Å²) >= 11 is 0. The molecule has 0 heterocycles. The van der Waals surface area contributed by atoms with Crippen LogP contribution in [0.2, 0.25) is 0 Å². The van der Waals surface area contributed by atoms with Crippen LogP contribution < -0.4 is 10.1 Å². The highest BCUT2D eigenvalue weighted by Gasteiger charge is 2.08. The minimum atomic E-state index is 0.311. The zero-order chi connectivity index (χ0) is 13.4. The van der Waals surface area contributed by atoms with E-state index in [0.717, 1.165) is 17.7 Å². The van der Waals surface area contributed by atoms with Crippen LogP contribution in [0.1, 0.15) is 24.5 Å². The minimum Gasteiger partial charge on any atom is -0.496 e. The molecule has 1 N–H and O–H groups in total. The van der Waals surface area contributed by atoms with Crippen molar-refractivity contribution in [1.29, 1.82) is 5.26 Å². The van der Waals surface area contributed by atoms with Gasteiger partial charge in [0.25, 0.3) is 0 Å². The monoisotopic (exact) mass is 248 g/mol. The van der Waals surface area contributed by atoms with Gasteiger partial charge in [0.15, 0.2) is 0 Å². The van der Waals surface area contributed by atoms with E-state index in [-0.39, 0.29) is 0 Å². The van der Waals surface area contributed by atoms with E-state index in [9.17, 15) is 0 Å². The highest BCUT2D eigenvalue weighted by molar-refractivity contribution is 5.42. The van der Waals surface area contributed by atoms with Gasteiger partial charge in [-0.25, -0.2) is 0 Å². The Morgan fingerprint density at radius 3 is 2.72 bits per heavy atom. The first-order valence-corrected chi connectivity index (χ1v) is 6.04. The lowest BCUT2D eigenvalue weighted by Crippen LogP contribution is -2.32. The molecule has 0 amide bonds. The molecule has 1 aromatic carbocycles. The van der Waals surface area contributed by atoms with Crippen LogP contribution in [0.25, 0.3) is 0 Å². The topological polar surface area (TPSA) is 54.3 Å². The average molecular weight is 248 g/mol. The van der Waals surface area contributed by atoms with Gasteiger partial charge in [-0.15, -0.1) is 0 Å². The van der Waals surface area contributed by atoms with E-state index in [2.05, 4.69) is 18.3 Å². The van der Waals surface area contributed by atoms with Crippen LogP contribution in [0.15, 0.2) is 18.2 Å². The fourth-order valence-electron chi connectivity index (χ4n) is 1.76. The van der Waals surface area contributed by atoms with Crippen LogP contribution in [0.5, 0.6) is 5.75 Å². The molecule has 0 aliphatic rings. The van der Waals surface area contributed by atoms with E-state index in [1.54, 1.807) is 20.3 Å². The molecule has 4 heteroatoms. The van der Waals surface area contributed by atoms with Gasteiger partial charge in [0.05, 0.1) is 25.3 Å². The number of rotatable bonds is 7. The zero-order valence-corrected chi connectivity index (χ0v) is 11.2. The molecular weight excluding hydrogens is 228 g/mol. The Morgan fingerprint density at radius 1 is 1.39 bits per heavy atom. The van der Waals surface area contributed by atoms with Crippen LogP contribution in [-0.2, 0) is 11.3 Å². The molecule has 0 bridgehead atoms. The summed E-state index contributed by atoms with van der Waals surface area (Å²) < 4.78 is 10.4. The maximum absolute atomic E-state index is 8.90. The predicted molar refractivity (Wildman–Crippen MR) is 70.5 cm³/mol. The number of benzene rings is 1. The number of hydrogen-bond donors (Lipinski definition) is 1. The van der Waals surface area contributed by atoms with Crippen molar-refractivity contribution in [3.8, 4) is 11.8 Å². The van der Waals surface area contributed by atoms with E-state index in [1.807, 2.05) is 12.1 Å². The maximum atomic E-state index is 8.90. The Labute approximate surface area is 109 Å². The number of ether oxygens (including phenoxy) is 2. The summed E-state index contributed by atoms with van der Waals surface area (Å²) in [7, 11) is 3.33. The van der Waals surface area contributed by atoms with E-state index < -0.39 is 0 Å². The number of nitrogens with zero attached hydrogens (tertiary/aromatic N) is 1. The predicted octanol–water partition coefficient (Wildman–Crippen LogP) is 2.08. The van der Waals surface area contributed by atoms with Gasteiger partial charge >= 0.3 is 0 Å². The van der Waals surface area contributed by atoms with E-state index >= 15 is 0 Å². The van der Waals surface area contributed by atoms with Gasteiger partial charge < -0.3 is 14.8 Å². The van der Waals surface area contributed by atoms with Crippen LogP contribution in [0.4, 0.5) is 0 Å². The second-order valence-corrected chi connectivity index (χ2v) is 4.08. The van der Waals surface area contributed by atoms with Crippen molar-refractivity contribution in [3.63, 3.8) is 0 Å². The lowest BCUT2D eigenvalue weighted by atomic mass is 10.1. The normalized spacial score (nSPS) is 11.9. The quantitative estimate of drug-likeness (QED) is 0.802. The SMILES string of the molecule is CCC(COC)NCc1cc(C#N)ccc1OC.